The van der Waals surface area contributed by atoms with Crippen LogP contribution < -0.4 is 0 Å². The van der Waals surface area contributed by atoms with Crippen molar-refractivity contribution in [2.24, 2.45) is 5.92 Å². The average molecular weight is 536 g/mol. The summed E-state index contributed by atoms with van der Waals surface area (Å²) in [6, 6.07) is -0.187. The highest BCUT2D eigenvalue weighted by Crippen LogP contribution is 2.42. The molecule has 2 fully saturated rings. The van der Waals surface area contributed by atoms with Crippen LogP contribution in [0.1, 0.15) is 104 Å². The monoisotopic (exact) mass is 535 g/mol. The van der Waals surface area contributed by atoms with Gasteiger partial charge in [-0.25, -0.2) is 4.79 Å². The van der Waals surface area contributed by atoms with Gasteiger partial charge in [0.05, 0.1) is 12.1 Å². The molecule has 5 atom stereocenters. The summed E-state index contributed by atoms with van der Waals surface area (Å²) in [5.41, 5.74) is 1.03. The van der Waals surface area contributed by atoms with Crippen LogP contribution in [0, 0.1) is 5.92 Å². The molecule has 1 amide bonds. The summed E-state index contributed by atoms with van der Waals surface area (Å²) in [4.78, 5) is 27.6. The molecule has 0 aromatic heterocycles. The van der Waals surface area contributed by atoms with Gasteiger partial charge in [0.1, 0.15) is 6.10 Å². The molecule has 0 saturated carbocycles. The lowest BCUT2D eigenvalue weighted by molar-refractivity contribution is -0.305. The summed E-state index contributed by atoms with van der Waals surface area (Å²) in [7, 11) is 1.67. The van der Waals surface area contributed by atoms with Gasteiger partial charge in [0.25, 0.3) is 5.24 Å². The SMILES string of the molecule is CCCCCCCCCN1C(=O)SC[C@H]1[C@@]1(OC)C[C@H]2C[C@@H](CC[C@H](C)/C=C\CC/C(C)=C\C(=O)O2)O1. The Bertz CT molecular complexity index is 799. The normalized spacial score (nSPS) is 33.9. The van der Waals surface area contributed by atoms with Crippen LogP contribution in [0.25, 0.3) is 0 Å². The zero-order valence-electron chi connectivity index (χ0n) is 23.5. The summed E-state index contributed by atoms with van der Waals surface area (Å²) >= 11 is 1.35. The Balaban J connectivity index is 1.73. The highest BCUT2D eigenvalue weighted by atomic mass is 32.2. The number of esters is 1. The van der Waals surface area contributed by atoms with Crippen molar-refractivity contribution in [1.29, 1.82) is 0 Å². The Kier molecular flexibility index (Phi) is 12.5. The fraction of sp³-hybridized carbons (Fsp3) is 0.800. The average Bonchev–Trinajstić information content (AvgIpc) is 3.24. The molecule has 3 aliphatic heterocycles. The van der Waals surface area contributed by atoms with Crippen LogP contribution in [-0.2, 0) is 19.0 Å². The molecule has 0 aliphatic carbocycles. The third-order valence-corrected chi connectivity index (χ3v) is 8.96. The Morgan fingerprint density at radius 3 is 2.62 bits per heavy atom. The summed E-state index contributed by atoms with van der Waals surface area (Å²) in [6.07, 6.45) is 18.9. The molecule has 0 spiro atoms. The van der Waals surface area contributed by atoms with E-state index in [9.17, 15) is 9.59 Å². The Morgan fingerprint density at radius 1 is 1.11 bits per heavy atom. The van der Waals surface area contributed by atoms with Crippen LogP contribution in [-0.4, -0.2) is 59.6 Å². The Hall–Kier alpha value is -1.31. The van der Waals surface area contributed by atoms with E-state index in [1.54, 1.807) is 13.2 Å². The second kappa shape index (κ2) is 15.3. The molecular weight excluding hydrogens is 486 g/mol. The number of carbonyl (C=O) groups is 2. The fourth-order valence-corrected chi connectivity index (χ4v) is 6.90. The third kappa shape index (κ3) is 9.14. The van der Waals surface area contributed by atoms with Crippen molar-refractivity contribution in [2.75, 3.05) is 19.4 Å². The topological polar surface area (TPSA) is 65.1 Å². The summed E-state index contributed by atoms with van der Waals surface area (Å²) in [5.74, 6) is -0.176. The standard InChI is InChI=1S/C30H49NO5S/c1-5-6-7-8-9-10-13-18-31-27(22-37-29(31)33)30(34-4)21-26-20-25(36-30)17-16-23(2)14-11-12-15-24(3)19-28(32)35-26/h11,14,19,23,25-27H,5-10,12-13,15-18,20-22H2,1-4H3/b14-11-,24-19-/t23-,25-,26-,27+,30-/m1/s1. The maximum absolute atomic E-state index is 12.9. The molecule has 0 radical (unpaired) electrons. The number of methoxy groups -OCH3 is 1. The minimum Gasteiger partial charge on any atom is -0.459 e. The van der Waals surface area contributed by atoms with Gasteiger partial charge >= 0.3 is 5.97 Å². The Labute approximate surface area is 228 Å². The second-order valence-corrected chi connectivity index (χ2v) is 12.1. The number of thioether (sulfide) groups is 1. The molecule has 3 heterocycles. The molecule has 3 rings (SSSR count). The van der Waals surface area contributed by atoms with Crippen LogP contribution in [0.15, 0.2) is 23.8 Å². The summed E-state index contributed by atoms with van der Waals surface area (Å²) in [6.45, 7) is 7.18. The van der Waals surface area contributed by atoms with Gasteiger partial charge in [-0.05, 0) is 44.9 Å². The van der Waals surface area contributed by atoms with Gasteiger partial charge in [-0.3, -0.25) is 4.79 Å². The van der Waals surface area contributed by atoms with Gasteiger partial charge < -0.3 is 19.1 Å². The van der Waals surface area contributed by atoms with E-state index >= 15 is 0 Å². The molecule has 2 saturated heterocycles. The van der Waals surface area contributed by atoms with Crippen molar-refractivity contribution < 1.29 is 23.8 Å². The van der Waals surface area contributed by atoms with Crippen molar-refractivity contribution in [3.63, 3.8) is 0 Å². The smallest absolute Gasteiger partial charge is 0.330 e. The van der Waals surface area contributed by atoms with E-state index in [4.69, 9.17) is 14.2 Å². The number of carbonyl (C=O) groups excluding carboxylic acids is 2. The molecular formula is C30H49NO5S. The van der Waals surface area contributed by atoms with Crippen molar-refractivity contribution in [3.8, 4) is 0 Å². The van der Waals surface area contributed by atoms with Gasteiger partial charge in [-0.15, -0.1) is 0 Å². The van der Waals surface area contributed by atoms with Crippen LogP contribution in [0.2, 0.25) is 0 Å². The number of nitrogens with zero attached hydrogens (tertiary/aromatic N) is 1. The number of rotatable bonds is 10. The number of ether oxygens (including phenoxy) is 3. The first-order valence-electron chi connectivity index (χ1n) is 14.6. The van der Waals surface area contributed by atoms with Gasteiger partial charge in [-0.1, -0.05) is 81.9 Å². The lowest BCUT2D eigenvalue weighted by Gasteiger charge is -2.48. The second-order valence-electron chi connectivity index (χ2n) is 11.2. The first-order valence-corrected chi connectivity index (χ1v) is 15.6. The number of hydrogen-bond donors (Lipinski definition) is 0. The van der Waals surface area contributed by atoms with Gasteiger partial charge in [-0.2, -0.15) is 0 Å². The fourth-order valence-electron chi connectivity index (χ4n) is 5.78. The molecule has 210 valence electrons. The highest BCUT2D eigenvalue weighted by Gasteiger charge is 2.54. The maximum Gasteiger partial charge on any atom is 0.330 e. The number of unbranched alkanes of at least 4 members (excludes halogenated alkanes) is 6. The van der Waals surface area contributed by atoms with E-state index in [0.29, 0.717) is 24.5 Å². The zero-order chi connectivity index (χ0) is 26.7. The van der Waals surface area contributed by atoms with Crippen LogP contribution in [0.4, 0.5) is 4.79 Å². The zero-order valence-corrected chi connectivity index (χ0v) is 24.4. The third-order valence-electron chi connectivity index (χ3n) is 8.00. The molecule has 0 unspecified atom stereocenters. The molecule has 3 aliphatic rings. The molecule has 0 N–H and O–H groups in total. The van der Waals surface area contributed by atoms with Gasteiger partial charge in [0, 0.05) is 38.3 Å². The first-order chi connectivity index (χ1) is 17.9. The highest BCUT2D eigenvalue weighted by molar-refractivity contribution is 8.13. The van der Waals surface area contributed by atoms with Crippen molar-refractivity contribution in [2.45, 2.75) is 128 Å². The van der Waals surface area contributed by atoms with Crippen molar-refractivity contribution >= 4 is 23.0 Å². The lowest BCUT2D eigenvalue weighted by atomic mass is 9.89. The van der Waals surface area contributed by atoms with E-state index in [-0.39, 0.29) is 29.5 Å². The van der Waals surface area contributed by atoms with Crippen molar-refractivity contribution in [3.05, 3.63) is 23.8 Å². The molecule has 37 heavy (non-hydrogen) atoms. The van der Waals surface area contributed by atoms with E-state index < -0.39 is 5.79 Å². The lowest BCUT2D eigenvalue weighted by Crippen LogP contribution is -2.60. The molecule has 0 aromatic carbocycles. The van der Waals surface area contributed by atoms with E-state index in [1.807, 2.05) is 11.8 Å². The largest absolute Gasteiger partial charge is 0.459 e. The summed E-state index contributed by atoms with van der Waals surface area (Å²) in [5, 5.41) is 0.103. The predicted octanol–water partition coefficient (Wildman–Crippen LogP) is 7.42. The molecule has 7 heteroatoms. The maximum atomic E-state index is 12.9. The first kappa shape index (κ1) is 30.2. The van der Waals surface area contributed by atoms with Crippen LogP contribution in [0.3, 0.4) is 0 Å². The Morgan fingerprint density at radius 2 is 1.86 bits per heavy atom. The molecule has 2 bridgehead atoms. The number of fused-ring (bicyclic) bond motifs is 2. The number of amides is 1. The van der Waals surface area contributed by atoms with Gasteiger partial charge in [0.15, 0.2) is 5.79 Å². The van der Waals surface area contributed by atoms with E-state index in [2.05, 4.69) is 26.0 Å². The minimum atomic E-state index is -0.969. The number of hydrogen-bond acceptors (Lipinski definition) is 6. The molecule has 6 nitrogen and oxygen atoms in total. The minimum absolute atomic E-state index is 0.0866. The van der Waals surface area contributed by atoms with E-state index in [1.165, 1.54) is 43.9 Å². The number of allylic oxidation sites excluding steroid dienone is 3. The van der Waals surface area contributed by atoms with Gasteiger partial charge in [0.2, 0.25) is 0 Å². The van der Waals surface area contributed by atoms with Crippen molar-refractivity contribution in [1.82, 2.24) is 4.90 Å². The van der Waals surface area contributed by atoms with Crippen LogP contribution in [0.5, 0.6) is 0 Å². The summed E-state index contributed by atoms with van der Waals surface area (Å²) < 4.78 is 18.9. The quantitative estimate of drug-likeness (QED) is 0.165. The van der Waals surface area contributed by atoms with Crippen LogP contribution >= 0.6 is 11.8 Å². The van der Waals surface area contributed by atoms with E-state index in [0.717, 1.165) is 50.6 Å². The molecule has 0 aromatic rings. The predicted molar refractivity (Wildman–Crippen MR) is 151 cm³/mol.